The van der Waals surface area contributed by atoms with Crippen LogP contribution < -0.4 is 5.32 Å². The summed E-state index contributed by atoms with van der Waals surface area (Å²) >= 11 is 1.97. The molecule has 2 aromatic rings. The van der Waals surface area contributed by atoms with Crippen molar-refractivity contribution < 1.29 is 0 Å². The predicted molar refractivity (Wildman–Crippen MR) is 83.8 cm³/mol. The average Bonchev–Trinajstić information content (AvgIpc) is 2.98. The normalized spacial score (nSPS) is 18.4. The lowest BCUT2D eigenvalue weighted by Gasteiger charge is -2.27. The highest BCUT2D eigenvalue weighted by Gasteiger charge is 2.22. The zero-order chi connectivity index (χ0) is 13.1. The van der Waals surface area contributed by atoms with Gasteiger partial charge in [0.25, 0.3) is 0 Å². The minimum atomic E-state index is 0.699. The van der Waals surface area contributed by atoms with Gasteiger partial charge in [0, 0.05) is 9.75 Å². The lowest BCUT2D eigenvalue weighted by Crippen LogP contribution is -2.29. The van der Waals surface area contributed by atoms with Crippen molar-refractivity contribution in [1.82, 2.24) is 5.32 Å². The SMILES string of the molecule is CC(c1ccc(-c2ccccc2)s1)C1CCNCC1. The fourth-order valence-corrected chi connectivity index (χ4v) is 4.09. The van der Waals surface area contributed by atoms with E-state index < -0.39 is 0 Å². The molecule has 19 heavy (non-hydrogen) atoms. The van der Waals surface area contributed by atoms with E-state index in [9.17, 15) is 0 Å². The van der Waals surface area contributed by atoms with Crippen molar-refractivity contribution in [3.63, 3.8) is 0 Å². The van der Waals surface area contributed by atoms with Crippen LogP contribution in [-0.2, 0) is 0 Å². The zero-order valence-electron chi connectivity index (χ0n) is 11.4. The highest BCUT2D eigenvalue weighted by molar-refractivity contribution is 7.15. The van der Waals surface area contributed by atoms with Crippen LogP contribution in [0.15, 0.2) is 42.5 Å². The minimum Gasteiger partial charge on any atom is -0.317 e. The Morgan fingerprint density at radius 3 is 2.53 bits per heavy atom. The van der Waals surface area contributed by atoms with Gasteiger partial charge in [-0.2, -0.15) is 0 Å². The van der Waals surface area contributed by atoms with Crippen LogP contribution in [0, 0.1) is 5.92 Å². The number of rotatable bonds is 3. The molecule has 0 spiro atoms. The molecule has 0 bridgehead atoms. The van der Waals surface area contributed by atoms with Crippen LogP contribution in [0.2, 0.25) is 0 Å². The molecule has 100 valence electrons. The maximum absolute atomic E-state index is 3.46. The van der Waals surface area contributed by atoms with Gasteiger partial charge in [-0.25, -0.2) is 0 Å². The number of thiophene rings is 1. The molecular formula is C17H21NS. The van der Waals surface area contributed by atoms with Crippen LogP contribution in [0.25, 0.3) is 10.4 Å². The summed E-state index contributed by atoms with van der Waals surface area (Å²) in [6.07, 6.45) is 2.64. The zero-order valence-corrected chi connectivity index (χ0v) is 12.2. The van der Waals surface area contributed by atoms with E-state index in [0.29, 0.717) is 5.92 Å². The van der Waals surface area contributed by atoms with Gasteiger partial charge in [-0.3, -0.25) is 0 Å². The van der Waals surface area contributed by atoms with Crippen LogP contribution in [0.3, 0.4) is 0 Å². The Bertz CT molecular complexity index is 511. The van der Waals surface area contributed by atoms with Crippen molar-refractivity contribution in [2.24, 2.45) is 5.92 Å². The van der Waals surface area contributed by atoms with Crippen LogP contribution >= 0.6 is 11.3 Å². The fourth-order valence-electron chi connectivity index (χ4n) is 2.93. The van der Waals surface area contributed by atoms with Crippen molar-refractivity contribution in [2.45, 2.75) is 25.7 Å². The number of piperidine rings is 1. The third-order valence-corrected chi connectivity index (χ3v) is 5.56. The Labute approximate surface area is 119 Å². The second-order valence-corrected chi connectivity index (χ2v) is 6.56. The van der Waals surface area contributed by atoms with Gasteiger partial charge in [-0.15, -0.1) is 11.3 Å². The minimum absolute atomic E-state index is 0.699. The molecule has 3 rings (SSSR count). The summed E-state index contributed by atoms with van der Waals surface area (Å²) in [7, 11) is 0. The molecule has 1 aliphatic rings. The Balaban J connectivity index is 1.77. The molecule has 1 aromatic heterocycles. The Morgan fingerprint density at radius 1 is 1.05 bits per heavy atom. The Morgan fingerprint density at radius 2 is 1.79 bits per heavy atom. The van der Waals surface area contributed by atoms with Gasteiger partial charge in [0.05, 0.1) is 0 Å². The number of hydrogen-bond donors (Lipinski definition) is 1. The standard InChI is InChI=1S/C17H21NS/c1-13(14-9-11-18-12-10-14)16-7-8-17(19-16)15-5-3-2-4-6-15/h2-8,13-14,18H,9-12H2,1H3. The summed E-state index contributed by atoms with van der Waals surface area (Å²) in [5.74, 6) is 1.55. The summed E-state index contributed by atoms with van der Waals surface area (Å²) in [4.78, 5) is 2.95. The Kier molecular flexibility index (Phi) is 4.00. The molecular weight excluding hydrogens is 250 g/mol. The van der Waals surface area contributed by atoms with Gasteiger partial charge in [0.2, 0.25) is 0 Å². The monoisotopic (exact) mass is 271 g/mol. The van der Waals surface area contributed by atoms with E-state index in [1.807, 2.05) is 11.3 Å². The molecule has 1 saturated heterocycles. The van der Waals surface area contributed by atoms with E-state index in [1.165, 1.54) is 36.4 Å². The quantitative estimate of drug-likeness (QED) is 0.865. The summed E-state index contributed by atoms with van der Waals surface area (Å²) in [5, 5.41) is 3.46. The molecule has 1 N–H and O–H groups in total. The molecule has 1 fully saturated rings. The van der Waals surface area contributed by atoms with Crippen LogP contribution in [0.5, 0.6) is 0 Å². The first-order valence-electron chi connectivity index (χ1n) is 7.20. The van der Waals surface area contributed by atoms with E-state index in [1.54, 1.807) is 4.88 Å². The van der Waals surface area contributed by atoms with E-state index >= 15 is 0 Å². The lowest BCUT2D eigenvalue weighted by atomic mass is 9.85. The highest BCUT2D eigenvalue weighted by atomic mass is 32.1. The van der Waals surface area contributed by atoms with Gasteiger partial charge in [-0.05, 0) is 55.5 Å². The van der Waals surface area contributed by atoms with Crippen LogP contribution in [0.4, 0.5) is 0 Å². The molecule has 2 heteroatoms. The topological polar surface area (TPSA) is 12.0 Å². The van der Waals surface area contributed by atoms with Gasteiger partial charge in [0.15, 0.2) is 0 Å². The molecule has 0 amide bonds. The number of nitrogens with one attached hydrogen (secondary N) is 1. The Hall–Kier alpha value is -1.12. The van der Waals surface area contributed by atoms with Crippen molar-refractivity contribution in [2.75, 3.05) is 13.1 Å². The lowest BCUT2D eigenvalue weighted by molar-refractivity contribution is 0.333. The van der Waals surface area contributed by atoms with Gasteiger partial charge < -0.3 is 5.32 Å². The molecule has 1 unspecified atom stereocenters. The maximum atomic E-state index is 3.46. The largest absolute Gasteiger partial charge is 0.317 e. The maximum Gasteiger partial charge on any atom is 0.0345 e. The molecule has 1 nitrogen and oxygen atoms in total. The van der Waals surface area contributed by atoms with Gasteiger partial charge >= 0.3 is 0 Å². The van der Waals surface area contributed by atoms with Crippen molar-refractivity contribution >= 4 is 11.3 Å². The highest BCUT2D eigenvalue weighted by Crippen LogP contribution is 2.37. The van der Waals surface area contributed by atoms with E-state index in [0.717, 1.165) is 5.92 Å². The van der Waals surface area contributed by atoms with E-state index in [4.69, 9.17) is 0 Å². The fraction of sp³-hybridized carbons (Fsp3) is 0.412. The molecule has 1 atom stereocenters. The second-order valence-electron chi connectivity index (χ2n) is 5.44. The third-order valence-electron chi connectivity index (χ3n) is 4.22. The first kappa shape index (κ1) is 12.9. The van der Waals surface area contributed by atoms with Crippen LogP contribution in [-0.4, -0.2) is 13.1 Å². The summed E-state index contributed by atoms with van der Waals surface area (Å²) in [5.41, 5.74) is 1.34. The van der Waals surface area contributed by atoms with E-state index in [-0.39, 0.29) is 0 Å². The van der Waals surface area contributed by atoms with Crippen molar-refractivity contribution in [3.8, 4) is 10.4 Å². The molecule has 2 heterocycles. The predicted octanol–water partition coefficient (Wildman–Crippen LogP) is 4.52. The average molecular weight is 271 g/mol. The summed E-state index contributed by atoms with van der Waals surface area (Å²) in [6.45, 7) is 4.77. The first-order chi connectivity index (χ1) is 9.34. The third kappa shape index (κ3) is 2.90. The van der Waals surface area contributed by atoms with Crippen LogP contribution in [0.1, 0.15) is 30.6 Å². The summed E-state index contributed by atoms with van der Waals surface area (Å²) in [6, 6.07) is 15.3. The first-order valence-corrected chi connectivity index (χ1v) is 8.02. The molecule has 0 radical (unpaired) electrons. The molecule has 1 aromatic carbocycles. The summed E-state index contributed by atoms with van der Waals surface area (Å²) < 4.78 is 0. The molecule has 0 aliphatic carbocycles. The number of hydrogen-bond acceptors (Lipinski definition) is 2. The molecule has 0 saturated carbocycles. The van der Waals surface area contributed by atoms with Crippen molar-refractivity contribution in [1.29, 1.82) is 0 Å². The second kappa shape index (κ2) is 5.89. The smallest absolute Gasteiger partial charge is 0.0345 e. The molecule has 1 aliphatic heterocycles. The number of benzene rings is 1. The van der Waals surface area contributed by atoms with Gasteiger partial charge in [0.1, 0.15) is 0 Å². The van der Waals surface area contributed by atoms with Crippen molar-refractivity contribution in [3.05, 3.63) is 47.3 Å². The van der Waals surface area contributed by atoms with Gasteiger partial charge in [-0.1, -0.05) is 37.3 Å². The van der Waals surface area contributed by atoms with E-state index in [2.05, 4.69) is 54.7 Å².